The van der Waals surface area contributed by atoms with Gasteiger partial charge in [0.1, 0.15) is 10.7 Å². The van der Waals surface area contributed by atoms with Crippen LogP contribution in [-0.2, 0) is 16.6 Å². The number of nitrogens with two attached hydrogens (primary N) is 1. The normalized spacial score (nSPS) is 11.5. The molecule has 7 heteroatoms. The van der Waals surface area contributed by atoms with Crippen LogP contribution in [0.4, 0.5) is 10.1 Å². The van der Waals surface area contributed by atoms with Crippen LogP contribution >= 0.6 is 11.3 Å². The highest BCUT2D eigenvalue weighted by atomic mass is 32.2. The van der Waals surface area contributed by atoms with E-state index in [4.69, 9.17) is 5.73 Å². The molecule has 0 bridgehead atoms. The summed E-state index contributed by atoms with van der Waals surface area (Å²) >= 11 is 1.35. The first kappa shape index (κ1) is 14.0. The molecule has 4 nitrogen and oxygen atoms in total. The highest BCUT2D eigenvalue weighted by Crippen LogP contribution is 2.27. The molecule has 1 aromatic carbocycles. The Morgan fingerprint density at radius 1 is 1.32 bits per heavy atom. The SMILES string of the molecule is Cc1sc(CN)cc1S(=O)(=O)Nc1ccc(F)cc1. The number of halogens is 1. The zero-order chi connectivity index (χ0) is 14.0. The van der Waals surface area contributed by atoms with Crippen LogP contribution in [0.25, 0.3) is 0 Å². The summed E-state index contributed by atoms with van der Waals surface area (Å²) < 4.78 is 39.6. The highest BCUT2D eigenvalue weighted by molar-refractivity contribution is 7.93. The van der Waals surface area contributed by atoms with Crippen molar-refractivity contribution >= 4 is 27.0 Å². The molecule has 0 saturated carbocycles. The molecule has 3 N–H and O–H groups in total. The average Bonchev–Trinajstić information content (AvgIpc) is 2.74. The monoisotopic (exact) mass is 300 g/mol. The molecule has 1 aromatic heterocycles. The molecular weight excluding hydrogens is 287 g/mol. The molecule has 1 heterocycles. The first-order valence-corrected chi connectivity index (χ1v) is 7.80. The largest absolute Gasteiger partial charge is 0.326 e. The maximum atomic E-state index is 12.8. The van der Waals surface area contributed by atoms with Crippen molar-refractivity contribution in [2.24, 2.45) is 5.73 Å². The third-order valence-electron chi connectivity index (χ3n) is 2.51. The predicted molar refractivity (Wildman–Crippen MR) is 74.2 cm³/mol. The molecule has 19 heavy (non-hydrogen) atoms. The molecule has 0 spiro atoms. The fraction of sp³-hybridized carbons (Fsp3) is 0.167. The molecule has 0 atom stereocenters. The van der Waals surface area contributed by atoms with E-state index >= 15 is 0 Å². The molecule has 0 unspecified atom stereocenters. The van der Waals surface area contributed by atoms with E-state index in [1.165, 1.54) is 35.6 Å². The summed E-state index contributed by atoms with van der Waals surface area (Å²) in [6.45, 7) is 2.03. The van der Waals surface area contributed by atoms with Crippen LogP contribution in [0.2, 0.25) is 0 Å². The lowest BCUT2D eigenvalue weighted by atomic mass is 10.3. The van der Waals surface area contributed by atoms with Gasteiger partial charge < -0.3 is 5.73 Å². The third kappa shape index (κ3) is 3.12. The van der Waals surface area contributed by atoms with Gasteiger partial charge in [0.2, 0.25) is 0 Å². The summed E-state index contributed by atoms with van der Waals surface area (Å²) in [5.41, 5.74) is 5.82. The van der Waals surface area contributed by atoms with Crippen LogP contribution in [-0.4, -0.2) is 8.42 Å². The Morgan fingerprint density at radius 2 is 1.95 bits per heavy atom. The van der Waals surface area contributed by atoms with E-state index in [2.05, 4.69) is 4.72 Å². The summed E-state index contributed by atoms with van der Waals surface area (Å²) in [6, 6.07) is 6.70. The maximum absolute atomic E-state index is 12.8. The number of nitrogens with one attached hydrogen (secondary N) is 1. The minimum Gasteiger partial charge on any atom is -0.326 e. The van der Waals surface area contributed by atoms with Crippen LogP contribution in [0, 0.1) is 12.7 Å². The van der Waals surface area contributed by atoms with Gasteiger partial charge in [-0.15, -0.1) is 11.3 Å². The van der Waals surface area contributed by atoms with Crippen LogP contribution < -0.4 is 10.5 Å². The number of sulfonamides is 1. The Balaban J connectivity index is 2.31. The van der Waals surface area contributed by atoms with E-state index < -0.39 is 15.8 Å². The Hall–Kier alpha value is -1.44. The first-order chi connectivity index (χ1) is 8.92. The molecule has 0 aliphatic rings. The molecule has 2 aromatic rings. The van der Waals surface area contributed by atoms with E-state index in [0.29, 0.717) is 17.1 Å². The fourth-order valence-electron chi connectivity index (χ4n) is 1.62. The number of rotatable bonds is 4. The molecular formula is C12H13FN2O2S2. The minimum absolute atomic E-state index is 0.210. The van der Waals surface area contributed by atoms with Gasteiger partial charge in [0.25, 0.3) is 10.0 Å². The van der Waals surface area contributed by atoms with E-state index in [0.717, 1.165) is 4.88 Å². The van der Waals surface area contributed by atoms with Gasteiger partial charge in [-0.25, -0.2) is 12.8 Å². The smallest absolute Gasteiger partial charge is 0.263 e. The quantitative estimate of drug-likeness (QED) is 0.911. The number of hydrogen-bond acceptors (Lipinski definition) is 4. The Kier molecular flexibility index (Phi) is 3.88. The summed E-state index contributed by atoms with van der Waals surface area (Å²) in [4.78, 5) is 1.69. The lowest BCUT2D eigenvalue weighted by Crippen LogP contribution is -2.13. The summed E-state index contributed by atoms with van der Waals surface area (Å²) in [5, 5.41) is 0. The van der Waals surface area contributed by atoms with Crippen molar-refractivity contribution in [3.8, 4) is 0 Å². The Morgan fingerprint density at radius 3 is 2.47 bits per heavy atom. The van der Waals surface area contributed by atoms with E-state index in [1.54, 1.807) is 13.0 Å². The van der Waals surface area contributed by atoms with Crippen LogP contribution in [0.5, 0.6) is 0 Å². The molecule has 0 radical (unpaired) electrons. The van der Waals surface area contributed by atoms with Gasteiger partial charge in [0.05, 0.1) is 0 Å². The number of hydrogen-bond donors (Lipinski definition) is 2. The topological polar surface area (TPSA) is 72.2 Å². The van der Waals surface area contributed by atoms with E-state index in [1.807, 2.05) is 0 Å². The zero-order valence-electron chi connectivity index (χ0n) is 10.2. The van der Waals surface area contributed by atoms with Crippen LogP contribution in [0.1, 0.15) is 9.75 Å². The van der Waals surface area contributed by atoms with Crippen LogP contribution in [0.3, 0.4) is 0 Å². The maximum Gasteiger partial charge on any atom is 0.263 e. The second-order valence-corrected chi connectivity index (χ2v) is 6.94. The van der Waals surface area contributed by atoms with Crippen molar-refractivity contribution in [1.82, 2.24) is 0 Å². The first-order valence-electron chi connectivity index (χ1n) is 5.50. The van der Waals surface area contributed by atoms with E-state index in [9.17, 15) is 12.8 Å². The molecule has 0 amide bonds. The van der Waals surface area contributed by atoms with E-state index in [-0.39, 0.29) is 4.90 Å². The average molecular weight is 300 g/mol. The van der Waals surface area contributed by atoms with Crippen LogP contribution in [0.15, 0.2) is 35.2 Å². The Bertz CT molecular complexity index is 678. The predicted octanol–water partition coefficient (Wildman–Crippen LogP) is 2.46. The van der Waals surface area contributed by atoms with Gasteiger partial charge in [0.15, 0.2) is 0 Å². The van der Waals surface area contributed by atoms with Gasteiger partial charge in [-0.2, -0.15) is 0 Å². The number of aryl methyl sites for hydroxylation is 1. The molecule has 102 valence electrons. The molecule has 2 rings (SSSR count). The van der Waals surface area contributed by atoms with Crippen molar-refractivity contribution in [3.05, 3.63) is 45.9 Å². The molecule has 0 aliphatic carbocycles. The lowest BCUT2D eigenvalue weighted by Gasteiger charge is -2.07. The molecule has 0 aliphatic heterocycles. The minimum atomic E-state index is -3.66. The van der Waals surface area contributed by atoms with Gasteiger partial charge in [-0.3, -0.25) is 4.72 Å². The number of thiophene rings is 1. The summed E-state index contributed by atoms with van der Waals surface area (Å²) in [6.07, 6.45) is 0. The van der Waals surface area contributed by atoms with Crippen molar-refractivity contribution in [2.45, 2.75) is 18.4 Å². The fourth-order valence-corrected chi connectivity index (χ4v) is 4.19. The molecule has 0 saturated heterocycles. The second-order valence-electron chi connectivity index (χ2n) is 3.95. The summed E-state index contributed by atoms with van der Waals surface area (Å²) in [5.74, 6) is -0.417. The summed E-state index contributed by atoms with van der Waals surface area (Å²) in [7, 11) is -3.66. The molecule has 0 fully saturated rings. The number of anilines is 1. The number of benzene rings is 1. The van der Waals surface area contributed by atoms with Gasteiger partial charge >= 0.3 is 0 Å². The van der Waals surface area contributed by atoms with Crippen molar-refractivity contribution in [2.75, 3.05) is 4.72 Å². The Labute approximate surface area is 115 Å². The van der Waals surface area contributed by atoms with Crippen molar-refractivity contribution in [3.63, 3.8) is 0 Å². The zero-order valence-corrected chi connectivity index (χ0v) is 11.8. The van der Waals surface area contributed by atoms with Gasteiger partial charge in [-0.05, 0) is 37.3 Å². The second kappa shape index (κ2) is 5.28. The van der Waals surface area contributed by atoms with Gasteiger partial charge in [-0.1, -0.05) is 0 Å². The standard InChI is InChI=1S/C12H13FN2O2S2/c1-8-12(6-11(7-14)18-8)19(16,17)15-10-4-2-9(13)3-5-10/h2-6,15H,7,14H2,1H3. The third-order valence-corrected chi connectivity index (χ3v) is 5.22. The van der Waals surface area contributed by atoms with Gasteiger partial charge in [0, 0.05) is 22.0 Å². The van der Waals surface area contributed by atoms with Crippen molar-refractivity contribution < 1.29 is 12.8 Å². The highest BCUT2D eigenvalue weighted by Gasteiger charge is 2.19. The lowest BCUT2D eigenvalue weighted by molar-refractivity contribution is 0.601. The van der Waals surface area contributed by atoms with Crippen molar-refractivity contribution in [1.29, 1.82) is 0 Å².